The van der Waals surface area contributed by atoms with Crippen molar-refractivity contribution in [3.63, 3.8) is 0 Å². The van der Waals surface area contributed by atoms with Crippen LogP contribution in [0.4, 0.5) is 10.2 Å². The SMILES string of the molecule is CNc1cc(CC(C)C)nc(-c2ccc(F)cc2C)n1. The van der Waals surface area contributed by atoms with Gasteiger partial charge in [-0.15, -0.1) is 0 Å². The van der Waals surface area contributed by atoms with E-state index in [2.05, 4.69) is 29.1 Å². The molecule has 0 aliphatic heterocycles. The molecule has 0 radical (unpaired) electrons. The van der Waals surface area contributed by atoms with Crippen LogP contribution in [-0.4, -0.2) is 17.0 Å². The number of anilines is 1. The Bertz CT molecular complexity index is 609. The summed E-state index contributed by atoms with van der Waals surface area (Å²) in [5.41, 5.74) is 2.71. The van der Waals surface area contributed by atoms with Gasteiger partial charge in [-0.25, -0.2) is 14.4 Å². The van der Waals surface area contributed by atoms with E-state index in [0.717, 1.165) is 29.1 Å². The van der Waals surface area contributed by atoms with Crippen molar-refractivity contribution in [2.24, 2.45) is 5.92 Å². The second-order valence-corrected chi connectivity index (χ2v) is 5.38. The maximum atomic E-state index is 13.2. The Morgan fingerprint density at radius 2 is 1.95 bits per heavy atom. The molecule has 0 fully saturated rings. The molecule has 1 aromatic carbocycles. The minimum Gasteiger partial charge on any atom is -0.373 e. The summed E-state index contributed by atoms with van der Waals surface area (Å²) >= 11 is 0. The summed E-state index contributed by atoms with van der Waals surface area (Å²) in [5, 5.41) is 3.06. The molecular formula is C16H20FN3. The number of hydrogen-bond acceptors (Lipinski definition) is 3. The van der Waals surface area contributed by atoms with Crippen molar-refractivity contribution in [1.82, 2.24) is 9.97 Å². The quantitative estimate of drug-likeness (QED) is 0.920. The van der Waals surface area contributed by atoms with E-state index < -0.39 is 0 Å². The maximum Gasteiger partial charge on any atom is 0.162 e. The standard InChI is InChI=1S/C16H20FN3/c1-10(2)7-13-9-15(18-4)20-16(19-13)14-6-5-12(17)8-11(14)3/h5-6,8-10H,7H2,1-4H3,(H,18,19,20). The van der Waals surface area contributed by atoms with Gasteiger partial charge < -0.3 is 5.32 Å². The fourth-order valence-corrected chi connectivity index (χ4v) is 2.15. The molecule has 20 heavy (non-hydrogen) atoms. The zero-order chi connectivity index (χ0) is 14.7. The van der Waals surface area contributed by atoms with Crippen LogP contribution in [0.1, 0.15) is 25.1 Å². The molecule has 0 atom stereocenters. The van der Waals surface area contributed by atoms with E-state index in [4.69, 9.17) is 0 Å². The lowest BCUT2D eigenvalue weighted by Gasteiger charge is -2.11. The summed E-state index contributed by atoms with van der Waals surface area (Å²) in [7, 11) is 1.84. The van der Waals surface area contributed by atoms with Crippen molar-refractivity contribution in [2.75, 3.05) is 12.4 Å². The lowest BCUT2D eigenvalue weighted by molar-refractivity contribution is 0.626. The number of halogens is 1. The van der Waals surface area contributed by atoms with Crippen LogP contribution in [0, 0.1) is 18.7 Å². The summed E-state index contributed by atoms with van der Waals surface area (Å²) in [6.07, 6.45) is 0.893. The summed E-state index contributed by atoms with van der Waals surface area (Å²) < 4.78 is 13.2. The predicted molar refractivity (Wildman–Crippen MR) is 80.3 cm³/mol. The van der Waals surface area contributed by atoms with Gasteiger partial charge in [-0.2, -0.15) is 0 Å². The largest absolute Gasteiger partial charge is 0.373 e. The molecule has 106 valence electrons. The van der Waals surface area contributed by atoms with E-state index in [0.29, 0.717) is 11.7 Å². The van der Waals surface area contributed by atoms with Crippen molar-refractivity contribution in [1.29, 1.82) is 0 Å². The highest BCUT2D eigenvalue weighted by atomic mass is 19.1. The van der Waals surface area contributed by atoms with Gasteiger partial charge in [-0.3, -0.25) is 0 Å². The summed E-state index contributed by atoms with van der Waals surface area (Å²) in [6, 6.07) is 6.65. The first-order chi connectivity index (χ1) is 9.49. The minimum absolute atomic E-state index is 0.238. The second kappa shape index (κ2) is 5.99. The molecule has 2 aromatic rings. The van der Waals surface area contributed by atoms with E-state index in [-0.39, 0.29) is 5.82 Å². The van der Waals surface area contributed by atoms with E-state index in [9.17, 15) is 4.39 Å². The van der Waals surface area contributed by atoms with E-state index >= 15 is 0 Å². The number of nitrogens with zero attached hydrogens (tertiary/aromatic N) is 2. The van der Waals surface area contributed by atoms with Crippen LogP contribution in [0.15, 0.2) is 24.3 Å². The summed E-state index contributed by atoms with van der Waals surface area (Å²) in [4.78, 5) is 9.08. The number of hydrogen-bond donors (Lipinski definition) is 1. The van der Waals surface area contributed by atoms with Gasteiger partial charge in [0, 0.05) is 24.4 Å². The highest BCUT2D eigenvalue weighted by molar-refractivity contribution is 5.61. The Morgan fingerprint density at radius 3 is 2.55 bits per heavy atom. The molecule has 3 nitrogen and oxygen atoms in total. The molecule has 0 saturated heterocycles. The molecule has 2 rings (SSSR count). The Kier molecular flexibility index (Phi) is 4.32. The van der Waals surface area contributed by atoms with Gasteiger partial charge in [0.1, 0.15) is 11.6 Å². The molecule has 0 spiro atoms. The zero-order valence-corrected chi connectivity index (χ0v) is 12.4. The molecule has 0 aliphatic rings. The van der Waals surface area contributed by atoms with Crippen molar-refractivity contribution < 1.29 is 4.39 Å². The molecule has 4 heteroatoms. The van der Waals surface area contributed by atoms with E-state index in [1.165, 1.54) is 12.1 Å². The third-order valence-corrected chi connectivity index (χ3v) is 3.08. The molecule has 1 aromatic heterocycles. The van der Waals surface area contributed by atoms with Gasteiger partial charge in [0.05, 0.1) is 0 Å². The molecular weight excluding hydrogens is 253 g/mol. The Balaban J connectivity index is 2.49. The number of rotatable bonds is 4. The zero-order valence-electron chi connectivity index (χ0n) is 12.4. The molecule has 1 heterocycles. The van der Waals surface area contributed by atoms with Crippen molar-refractivity contribution >= 4 is 5.82 Å². The average molecular weight is 273 g/mol. The molecule has 0 amide bonds. The van der Waals surface area contributed by atoms with E-state index in [1.54, 1.807) is 6.07 Å². The fourth-order valence-electron chi connectivity index (χ4n) is 2.15. The normalized spacial score (nSPS) is 10.9. The number of aryl methyl sites for hydroxylation is 1. The number of benzene rings is 1. The Hall–Kier alpha value is -1.97. The van der Waals surface area contributed by atoms with Crippen LogP contribution in [0.3, 0.4) is 0 Å². The maximum absolute atomic E-state index is 13.2. The molecule has 0 aliphatic carbocycles. The number of nitrogens with one attached hydrogen (secondary N) is 1. The van der Waals surface area contributed by atoms with Gasteiger partial charge >= 0.3 is 0 Å². The van der Waals surface area contributed by atoms with Crippen LogP contribution in [-0.2, 0) is 6.42 Å². The minimum atomic E-state index is -0.238. The predicted octanol–water partition coefficient (Wildman–Crippen LogP) is 3.83. The fraction of sp³-hybridized carbons (Fsp3) is 0.375. The van der Waals surface area contributed by atoms with E-state index in [1.807, 2.05) is 20.0 Å². The third-order valence-electron chi connectivity index (χ3n) is 3.08. The highest BCUT2D eigenvalue weighted by Gasteiger charge is 2.10. The highest BCUT2D eigenvalue weighted by Crippen LogP contribution is 2.23. The smallest absolute Gasteiger partial charge is 0.162 e. The lowest BCUT2D eigenvalue weighted by Crippen LogP contribution is -2.04. The first kappa shape index (κ1) is 14.4. The molecule has 0 saturated carbocycles. The Morgan fingerprint density at radius 1 is 1.20 bits per heavy atom. The summed E-state index contributed by atoms with van der Waals surface area (Å²) in [6.45, 7) is 6.18. The average Bonchev–Trinajstić information content (AvgIpc) is 2.37. The molecule has 0 unspecified atom stereocenters. The van der Waals surface area contributed by atoms with Crippen LogP contribution in [0.25, 0.3) is 11.4 Å². The van der Waals surface area contributed by atoms with Gasteiger partial charge in [-0.05, 0) is 43.0 Å². The first-order valence-corrected chi connectivity index (χ1v) is 6.82. The molecule has 0 bridgehead atoms. The van der Waals surface area contributed by atoms with Crippen LogP contribution >= 0.6 is 0 Å². The second-order valence-electron chi connectivity index (χ2n) is 5.38. The van der Waals surface area contributed by atoms with Crippen molar-refractivity contribution in [2.45, 2.75) is 27.2 Å². The summed E-state index contributed by atoms with van der Waals surface area (Å²) in [5.74, 6) is 1.72. The lowest BCUT2D eigenvalue weighted by atomic mass is 10.1. The van der Waals surface area contributed by atoms with Crippen LogP contribution in [0.5, 0.6) is 0 Å². The van der Waals surface area contributed by atoms with Crippen molar-refractivity contribution in [3.8, 4) is 11.4 Å². The van der Waals surface area contributed by atoms with Gasteiger partial charge in [-0.1, -0.05) is 13.8 Å². The Labute approximate surface area is 119 Å². The number of aromatic nitrogens is 2. The third kappa shape index (κ3) is 3.32. The van der Waals surface area contributed by atoms with Gasteiger partial charge in [0.25, 0.3) is 0 Å². The van der Waals surface area contributed by atoms with Crippen molar-refractivity contribution in [3.05, 3.63) is 41.3 Å². The van der Waals surface area contributed by atoms with Crippen LogP contribution < -0.4 is 5.32 Å². The molecule has 1 N–H and O–H groups in total. The first-order valence-electron chi connectivity index (χ1n) is 6.82. The monoisotopic (exact) mass is 273 g/mol. The van der Waals surface area contributed by atoms with Crippen LogP contribution in [0.2, 0.25) is 0 Å². The van der Waals surface area contributed by atoms with Gasteiger partial charge in [0.15, 0.2) is 5.82 Å². The topological polar surface area (TPSA) is 37.8 Å². The van der Waals surface area contributed by atoms with Gasteiger partial charge in [0.2, 0.25) is 0 Å².